The van der Waals surface area contributed by atoms with Crippen LogP contribution in [0, 0.1) is 6.92 Å². The van der Waals surface area contributed by atoms with Crippen LogP contribution in [0.3, 0.4) is 0 Å². The average Bonchev–Trinajstić information content (AvgIpc) is 2.88. The first-order chi connectivity index (χ1) is 11.8. The number of rotatable bonds is 3. The molecule has 1 aliphatic heterocycles. The van der Waals surface area contributed by atoms with E-state index in [4.69, 9.17) is 11.6 Å². The number of aryl methyl sites for hydroxylation is 1. The van der Waals surface area contributed by atoms with E-state index < -0.39 is 16.1 Å². The van der Waals surface area contributed by atoms with E-state index in [1.165, 1.54) is 4.31 Å². The fourth-order valence-electron chi connectivity index (χ4n) is 2.71. The van der Waals surface area contributed by atoms with Crippen LogP contribution in [-0.2, 0) is 10.0 Å². The Morgan fingerprint density at radius 1 is 1.12 bits per heavy atom. The summed E-state index contributed by atoms with van der Waals surface area (Å²) >= 11 is 6.15. The first-order valence-corrected chi connectivity index (χ1v) is 9.78. The monoisotopic (exact) mass is 379 g/mol. The highest BCUT2D eigenvalue weighted by Gasteiger charge is 2.30. The first-order valence-electron chi connectivity index (χ1n) is 7.80. The maximum absolute atomic E-state index is 12.2. The van der Waals surface area contributed by atoms with E-state index in [0.717, 1.165) is 5.56 Å². The molecule has 1 aliphatic rings. The summed E-state index contributed by atoms with van der Waals surface area (Å²) in [7, 11) is -3.34. The number of hydrogen-bond donors (Lipinski definition) is 2. The summed E-state index contributed by atoms with van der Waals surface area (Å²) in [5.41, 5.74) is 2.55. The number of carbonyl (C=O) groups is 1. The molecule has 3 rings (SSSR count). The minimum Gasteiger partial charge on any atom is -0.308 e. The molecule has 2 aromatic rings. The van der Waals surface area contributed by atoms with Crippen molar-refractivity contribution in [2.75, 3.05) is 27.2 Å². The van der Waals surface area contributed by atoms with Gasteiger partial charge < -0.3 is 10.6 Å². The number of amides is 2. The molecule has 8 heteroatoms. The molecule has 1 heterocycles. The fraction of sp³-hybridized carbons (Fsp3) is 0.235. The van der Waals surface area contributed by atoms with Gasteiger partial charge in [0.1, 0.15) is 0 Å². The van der Waals surface area contributed by atoms with Gasteiger partial charge in [-0.2, -0.15) is 0 Å². The molecule has 2 amide bonds. The molecule has 0 aliphatic carbocycles. The van der Waals surface area contributed by atoms with Crippen molar-refractivity contribution in [2.24, 2.45) is 0 Å². The molecule has 6 nitrogen and oxygen atoms in total. The van der Waals surface area contributed by atoms with Crippen molar-refractivity contribution in [3.05, 3.63) is 53.1 Å². The van der Waals surface area contributed by atoms with Crippen molar-refractivity contribution in [3.63, 3.8) is 0 Å². The second kappa shape index (κ2) is 6.93. The summed E-state index contributed by atoms with van der Waals surface area (Å²) in [6, 6.07) is 11.8. The lowest BCUT2D eigenvalue weighted by atomic mass is 10.2. The van der Waals surface area contributed by atoms with Gasteiger partial charge in [0.25, 0.3) is 0 Å². The van der Waals surface area contributed by atoms with Gasteiger partial charge in [-0.15, -0.1) is 0 Å². The predicted molar refractivity (Wildman–Crippen MR) is 101 cm³/mol. The number of hydrogen-bond acceptors (Lipinski definition) is 3. The quantitative estimate of drug-likeness (QED) is 0.850. The van der Waals surface area contributed by atoms with Crippen LogP contribution in [0.5, 0.6) is 0 Å². The Morgan fingerprint density at radius 3 is 2.48 bits per heavy atom. The number of nitrogens with one attached hydrogen (secondary N) is 2. The van der Waals surface area contributed by atoms with Crippen LogP contribution >= 0.6 is 11.6 Å². The molecule has 0 unspecified atom stereocenters. The van der Waals surface area contributed by atoms with E-state index >= 15 is 0 Å². The molecule has 0 radical (unpaired) electrons. The molecule has 0 saturated carbocycles. The smallest absolute Gasteiger partial charge is 0.308 e. The van der Waals surface area contributed by atoms with E-state index in [9.17, 15) is 13.2 Å². The number of nitrogens with zero attached hydrogens (tertiary/aromatic N) is 1. The van der Waals surface area contributed by atoms with Crippen molar-refractivity contribution in [2.45, 2.75) is 13.3 Å². The lowest BCUT2D eigenvalue weighted by Crippen LogP contribution is -2.26. The zero-order chi connectivity index (χ0) is 18.0. The van der Waals surface area contributed by atoms with Crippen LogP contribution in [-0.4, -0.2) is 26.7 Å². The molecule has 1 fully saturated rings. The van der Waals surface area contributed by atoms with Crippen LogP contribution in [0.4, 0.5) is 21.9 Å². The van der Waals surface area contributed by atoms with Gasteiger partial charge in [-0.3, -0.25) is 4.31 Å². The minimum atomic E-state index is -3.34. The van der Waals surface area contributed by atoms with Crippen molar-refractivity contribution >= 4 is 44.7 Å². The molecule has 0 aromatic heterocycles. The number of carbonyl (C=O) groups excluding carboxylic acids is 1. The lowest BCUT2D eigenvalue weighted by Gasteiger charge is -2.19. The average molecular weight is 380 g/mol. The summed E-state index contributed by atoms with van der Waals surface area (Å²) in [4.78, 5) is 12.2. The Hall–Kier alpha value is -2.25. The predicted octanol–water partition coefficient (Wildman–Crippen LogP) is 3.83. The second-order valence-corrected chi connectivity index (χ2v) is 8.28. The third-order valence-corrected chi connectivity index (χ3v) is 6.02. The SMILES string of the molecule is Cc1cccc(NC(=O)Nc2ccc(Cl)c(N3CCCS3(=O)=O)c2)c1. The molecule has 0 atom stereocenters. The normalized spacial score (nSPS) is 15.8. The zero-order valence-electron chi connectivity index (χ0n) is 13.6. The van der Waals surface area contributed by atoms with Gasteiger partial charge in [-0.05, 0) is 49.2 Å². The molecule has 0 spiro atoms. The van der Waals surface area contributed by atoms with Gasteiger partial charge in [0.2, 0.25) is 10.0 Å². The summed E-state index contributed by atoms with van der Waals surface area (Å²) in [5, 5.41) is 5.76. The van der Waals surface area contributed by atoms with E-state index in [-0.39, 0.29) is 5.75 Å². The number of benzene rings is 2. The Kier molecular flexibility index (Phi) is 4.87. The van der Waals surface area contributed by atoms with Crippen LogP contribution in [0.25, 0.3) is 0 Å². The summed E-state index contributed by atoms with van der Waals surface area (Å²) in [5.74, 6) is 0.106. The first kappa shape index (κ1) is 17.6. The van der Waals surface area contributed by atoms with Crippen molar-refractivity contribution in [3.8, 4) is 0 Å². The van der Waals surface area contributed by atoms with Gasteiger partial charge in [0.15, 0.2) is 0 Å². The summed E-state index contributed by atoms with van der Waals surface area (Å²) < 4.78 is 25.5. The molecule has 132 valence electrons. The number of sulfonamides is 1. The van der Waals surface area contributed by atoms with Crippen molar-refractivity contribution < 1.29 is 13.2 Å². The van der Waals surface area contributed by atoms with Gasteiger partial charge in [0.05, 0.1) is 16.5 Å². The van der Waals surface area contributed by atoms with Crippen LogP contribution in [0.2, 0.25) is 5.02 Å². The fourth-order valence-corrected chi connectivity index (χ4v) is 4.55. The third-order valence-electron chi connectivity index (χ3n) is 3.85. The maximum Gasteiger partial charge on any atom is 0.323 e. The minimum absolute atomic E-state index is 0.106. The molecular weight excluding hydrogens is 362 g/mol. The van der Waals surface area contributed by atoms with Crippen molar-refractivity contribution in [1.29, 1.82) is 0 Å². The molecule has 2 aromatic carbocycles. The topological polar surface area (TPSA) is 78.5 Å². The molecular formula is C17H18ClN3O3S. The molecule has 1 saturated heterocycles. The third kappa shape index (κ3) is 4.05. The summed E-state index contributed by atoms with van der Waals surface area (Å²) in [6.07, 6.45) is 0.560. The largest absolute Gasteiger partial charge is 0.323 e. The number of anilines is 3. The Morgan fingerprint density at radius 2 is 1.84 bits per heavy atom. The maximum atomic E-state index is 12.2. The molecule has 2 N–H and O–H groups in total. The highest BCUT2D eigenvalue weighted by atomic mass is 35.5. The van der Waals surface area contributed by atoms with Crippen LogP contribution in [0.1, 0.15) is 12.0 Å². The second-order valence-electron chi connectivity index (χ2n) is 5.86. The van der Waals surface area contributed by atoms with Gasteiger partial charge in [-0.1, -0.05) is 23.7 Å². The standard InChI is InChI=1S/C17H18ClN3O3S/c1-12-4-2-5-13(10-12)19-17(22)20-14-6-7-15(18)16(11-14)21-8-3-9-25(21,23)24/h2,4-7,10-11H,3,8-9H2,1H3,(H2,19,20,22). The highest BCUT2D eigenvalue weighted by molar-refractivity contribution is 7.93. The van der Waals surface area contributed by atoms with Crippen molar-refractivity contribution in [1.82, 2.24) is 0 Å². The molecule has 0 bridgehead atoms. The summed E-state index contributed by atoms with van der Waals surface area (Å²) in [6.45, 7) is 2.33. The highest BCUT2D eigenvalue weighted by Crippen LogP contribution is 2.33. The van der Waals surface area contributed by atoms with Gasteiger partial charge in [-0.25, -0.2) is 13.2 Å². The number of urea groups is 1. The van der Waals surface area contributed by atoms with Crippen LogP contribution in [0.15, 0.2) is 42.5 Å². The van der Waals surface area contributed by atoms with Gasteiger partial charge in [0, 0.05) is 17.9 Å². The Bertz CT molecular complexity index is 915. The molecule has 25 heavy (non-hydrogen) atoms. The zero-order valence-corrected chi connectivity index (χ0v) is 15.2. The number of halogens is 1. The lowest BCUT2D eigenvalue weighted by molar-refractivity contribution is 0.262. The van der Waals surface area contributed by atoms with E-state index in [0.29, 0.717) is 35.1 Å². The van der Waals surface area contributed by atoms with E-state index in [2.05, 4.69) is 10.6 Å². The Labute approximate surface area is 151 Å². The van der Waals surface area contributed by atoms with E-state index in [1.54, 1.807) is 24.3 Å². The van der Waals surface area contributed by atoms with E-state index in [1.807, 2.05) is 25.1 Å². The van der Waals surface area contributed by atoms with Crippen LogP contribution < -0.4 is 14.9 Å². The Balaban J connectivity index is 1.77. The van der Waals surface area contributed by atoms with Gasteiger partial charge >= 0.3 is 6.03 Å².